The van der Waals surface area contributed by atoms with Gasteiger partial charge in [-0.3, -0.25) is 13.9 Å². The summed E-state index contributed by atoms with van der Waals surface area (Å²) in [6, 6.07) is 20.8. The van der Waals surface area contributed by atoms with Gasteiger partial charge < -0.3 is 10.2 Å². The molecule has 3 aromatic rings. The minimum absolute atomic E-state index is 0.00659. The fourth-order valence-corrected chi connectivity index (χ4v) is 6.04. The minimum Gasteiger partial charge on any atom is -0.352 e. The first-order chi connectivity index (χ1) is 19.1. The largest absolute Gasteiger partial charge is 0.352 e. The van der Waals surface area contributed by atoms with Crippen LogP contribution in [0.1, 0.15) is 36.8 Å². The predicted octanol–water partition coefficient (Wildman–Crippen LogP) is 5.05. The van der Waals surface area contributed by atoms with Gasteiger partial charge in [-0.2, -0.15) is 0 Å². The SMILES string of the molecule is CS(=O)(=O)N(CC(=O)N(Cc1ccc(F)cc1)[C@H](Cc1ccccc1)C(=O)NC1CCCC1)c1ccc(Br)cc1. The molecule has 7 nitrogen and oxygen atoms in total. The second-order valence-corrected chi connectivity index (χ2v) is 12.9. The van der Waals surface area contributed by atoms with Crippen molar-refractivity contribution in [3.63, 3.8) is 0 Å². The number of carbonyl (C=O) groups excluding carboxylic acids is 2. The van der Waals surface area contributed by atoms with Crippen LogP contribution in [0.4, 0.5) is 10.1 Å². The third-order valence-electron chi connectivity index (χ3n) is 7.03. The van der Waals surface area contributed by atoms with Crippen LogP contribution >= 0.6 is 15.9 Å². The van der Waals surface area contributed by atoms with E-state index in [1.165, 1.54) is 17.0 Å². The summed E-state index contributed by atoms with van der Waals surface area (Å²) in [4.78, 5) is 29.2. The molecule has 0 aliphatic heterocycles. The Hall–Kier alpha value is -3.24. The lowest BCUT2D eigenvalue weighted by molar-refractivity contribution is -0.140. The molecule has 40 heavy (non-hydrogen) atoms. The zero-order chi connectivity index (χ0) is 28.7. The van der Waals surface area contributed by atoms with Crippen molar-refractivity contribution < 1.29 is 22.4 Å². The average Bonchev–Trinajstić information content (AvgIpc) is 3.44. The van der Waals surface area contributed by atoms with Gasteiger partial charge >= 0.3 is 0 Å². The van der Waals surface area contributed by atoms with Crippen LogP contribution < -0.4 is 9.62 Å². The van der Waals surface area contributed by atoms with Crippen molar-refractivity contribution >= 4 is 43.5 Å². The van der Waals surface area contributed by atoms with E-state index in [0.717, 1.165) is 46.3 Å². The number of hydrogen-bond acceptors (Lipinski definition) is 4. The van der Waals surface area contributed by atoms with E-state index in [0.29, 0.717) is 11.3 Å². The number of carbonyl (C=O) groups is 2. The van der Waals surface area contributed by atoms with Gasteiger partial charge in [0.25, 0.3) is 0 Å². The number of benzene rings is 3. The second kappa shape index (κ2) is 13.4. The van der Waals surface area contributed by atoms with Crippen molar-refractivity contribution in [2.45, 2.75) is 50.7 Å². The Kier molecular flexibility index (Phi) is 9.97. The minimum atomic E-state index is -3.84. The van der Waals surface area contributed by atoms with Crippen molar-refractivity contribution in [2.24, 2.45) is 0 Å². The molecule has 1 atom stereocenters. The van der Waals surface area contributed by atoms with E-state index in [2.05, 4.69) is 21.2 Å². The number of amides is 2. The Morgan fingerprint density at radius 2 is 1.57 bits per heavy atom. The van der Waals surface area contributed by atoms with Crippen LogP contribution in [0.2, 0.25) is 0 Å². The molecule has 1 aliphatic carbocycles. The molecule has 0 radical (unpaired) electrons. The molecule has 1 aliphatic rings. The molecule has 3 aromatic carbocycles. The molecule has 0 unspecified atom stereocenters. The monoisotopic (exact) mass is 629 g/mol. The van der Waals surface area contributed by atoms with Crippen LogP contribution in [0.3, 0.4) is 0 Å². The zero-order valence-corrected chi connectivity index (χ0v) is 24.7. The first kappa shape index (κ1) is 29.7. The van der Waals surface area contributed by atoms with Crippen molar-refractivity contribution in [2.75, 3.05) is 17.1 Å². The highest BCUT2D eigenvalue weighted by atomic mass is 79.9. The lowest BCUT2D eigenvalue weighted by atomic mass is 10.0. The Morgan fingerprint density at radius 1 is 0.950 bits per heavy atom. The Morgan fingerprint density at radius 3 is 2.17 bits per heavy atom. The molecule has 1 N–H and O–H groups in total. The highest BCUT2D eigenvalue weighted by Gasteiger charge is 2.34. The summed E-state index contributed by atoms with van der Waals surface area (Å²) < 4.78 is 41.1. The smallest absolute Gasteiger partial charge is 0.244 e. The van der Waals surface area contributed by atoms with Gasteiger partial charge in [0.1, 0.15) is 18.4 Å². The third-order valence-corrected chi connectivity index (χ3v) is 8.70. The van der Waals surface area contributed by atoms with Gasteiger partial charge in [-0.05, 0) is 60.4 Å². The van der Waals surface area contributed by atoms with E-state index in [4.69, 9.17) is 0 Å². The lowest BCUT2D eigenvalue weighted by Gasteiger charge is -2.34. The summed E-state index contributed by atoms with van der Waals surface area (Å²) in [5, 5.41) is 3.12. The van der Waals surface area contributed by atoms with Gasteiger partial charge in [0, 0.05) is 23.5 Å². The maximum atomic E-state index is 14.0. The van der Waals surface area contributed by atoms with Crippen molar-refractivity contribution in [3.8, 4) is 0 Å². The quantitative estimate of drug-likeness (QED) is 0.321. The van der Waals surface area contributed by atoms with E-state index in [-0.39, 0.29) is 24.9 Å². The molecule has 0 bridgehead atoms. The lowest BCUT2D eigenvalue weighted by Crippen LogP contribution is -2.54. The average molecular weight is 631 g/mol. The molecule has 10 heteroatoms. The van der Waals surface area contributed by atoms with E-state index >= 15 is 0 Å². The van der Waals surface area contributed by atoms with Gasteiger partial charge in [-0.25, -0.2) is 12.8 Å². The van der Waals surface area contributed by atoms with E-state index in [1.54, 1.807) is 36.4 Å². The number of nitrogens with one attached hydrogen (secondary N) is 1. The Labute approximate surface area is 243 Å². The van der Waals surface area contributed by atoms with E-state index in [9.17, 15) is 22.4 Å². The predicted molar refractivity (Wildman–Crippen MR) is 158 cm³/mol. The summed E-state index contributed by atoms with van der Waals surface area (Å²) >= 11 is 3.35. The number of sulfonamides is 1. The van der Waals surface area contributed by atoms with Crippen molar-refractivity contribution in [3.05, 3.63) is 100 Å². The summed E-state index contributed by atoms with van der Waals surface area (Å²) in [5.41, 5.74) is 1.81. The van der Waals surface area contributed by atoms with Crippen molar-refractivity contribution in [1.82, 2.24) is 10.2 Å². The van der Waals surface area contributed by atoms with Crippen LogP contribution in [0.5, 0.6) is 0 Å². The number of anilines is 1. The molecule has 0 aromatic heterocycles. The number of hydrogen-bond donors (Lipinski definition) is 1. The van der Waals surface area contributed by atoms with Crippen LogP contribution in [0, 0.1) is 5.82 Å². The molecule has 0 heterocycles. The summed E-state index contributed by atoms with van der Waals surface area (Å²) in [7, 11) is -3.84. The van der Waals surface area contributed by atoms with Crippen molar-refractivity contribution in [1.29, 1.82) is 0 Å². The number of rotatable bonds is 11. The topological polar surface area (TPSA) is 86.8 Å². The zero-order valence-electron chi connectivity index (χ0n) is 22.3. The van der Waals surface area contributed by atoms with Crippen LogP contribution in [-0.2, 0) is 32.6 Å². The molecule has 1 saturated carbocycles. The molecule has 0 saturated heterocycles. The third kappa shape index (κ3) is 8.14. The normalized spacial score (nSPS) is 14.5. The van der Waals surface area contributed by atoms with Gasteiger partial charge in [0.15, 0.2) is 0 Å². The van der Waals surface area contributed by atoms with Crippen LogP contribution in [0.25, 0.3) is 0 Å². The molecular weight excluding hydrogens is 597 g/mol. The maximum absolute atomic E-state index is 14.0. The fourth-order valence-electron chi connectivity index (χ4n) is 4.93. The maximum Gasteiger partial charge on any atom is 0.244 e. The second-order valence-electron chi connectivity index (χ2n) is 10.1. The van der Waals surface area contributed by atoms with E-state index in [1.807, 2.05) is 30.3 Å². The van der Waals surface area contributed by atoms with Gasteiger partial charge in [-0.15, -0.1) is 0 Å². The van der Waals surface area contributed by atoms with Crippen LogP contribution in [-0.4, -0.2) is 50.0 Å². The molecule has 0 spiro atoms. The number of nitrogens with zero attached hydrogens (tertiary/aromatic N) is 2. The standard InChI is InChI=1S/C30H33BrFN3O4S/c1-40(38,39)35(27-17-13-24(31)14-18-27)21-29(36)34(20-23-11-15-25(32)16-12-23)28(19-22-7-3-2-4-8-22)30(37)33-26-9-5-6-10-26/h2-4,7-8,11-18,26,28H,5-6,9-10,19-21H2,1H3,(H,33,37)/t28-/m1/s1. The Balaban J connectivity index is 1.71. The highest BCUT2D eigenvalue weighted by molar-refractivity contribution is 9.10. The first-order valence-electron chi connectivity index (χ1n) is 13.2. The van der Waals surface area contributed by atoms with Gasteiger partial charge in [0.2, 0.25) is 21.8 Å². The first-order valence-corrected chi connectivity index (χ1v) is 15.9. The van der Waals surface area contributed by atoms with Gasteiger partial charge in [-0.1, -0.05) is 71.2 Å². The Bertz CT molecular complexity index is 1400. The summed E-state index contributed by atoms with van der Waals surface area (Å²) in [6.07, 6.45) is 5.10. The molecule has 212 valence electrons. The molecular formula is C30H33BrFN3O4S. The molecule has 1 fully saturated rings. The van der Waals surface area contributed by atoms with E-state index < -0.39 is 34.3 Å². The highest BCUT2D eigenvalue weighted by Crippen LogP contribution is 2.23. The van der Waals surface area contributed by atoms with Gasteiger partial charge in [0.05, 0.1) is 11.9 Å². The number of halogens is 2. The van der Waals surface area contributed by atoms with Crippen LogP contribution in [0.15, 0.2) is 83.3 Å². The molecule has 4 rings (SSSR count). The fraction of sp³-hybridized carbons (Fsp3) is 0.333. The summed E-state index contributed by atoms with van der Waals surface area (Å²) in [6.45, 7) is -0.490. The molecule has 2 amide bonds. The summed E-state index contributed by atoms with van der Waals surface area (Å²) in [5.74, 6) is -1.25.